The first kappa shape index (κ1) is 25.7. The van der Waals surface area contributed by atoms with Crippen LogP contribution < -0.4 is 5.32 Å². The number of carbonyl (C=O) groups excluding carboxylic acids is 3. The molecule has 3 amide bonds. The van der Waals surface area contributed by atoms with Gasteiger partial charge in [-0.25, -0.2) is 4.79 Å². The molecule has 0 spiro atoms. The Hall–Kier alpha value is -3.92. The van der Waals surface area contributed by atoms with Gasteiger partial charge in [-0.15, -0.1) is 0 Å². The third kappa shape index (κ3) is 4.83. The lowest BCUT2D eigenvalue weighted by Gasteiger charge is -2.30. The number of carboxylic acids is 1. The lowest BCUT2D eigenvalue weighted by atomic mass is 9.98. The number of fused-ring (bicyclic) bond motifs is 3. The van der Waals surface area contributed by atoms with Crippen molar-refractivity contribution in [1.29, 1.82) is 0 Å². The van der Waals surface area contributed by atoms with E-state index in [1.807, 2.05) is 36.4 Å². The molecule has 0 saturated carbocycles. The van der Waals surface area contributed by atoms with Crippen molar-refractivity contribution in [2.24, 2.45) is 0 Å². The van der Waals surface area contributed by atoms with Crippen LogP contribution in [0.2, 0.25) is 0 Å². The molecule has 2 aromatic carbocycles. The molecule has 2 N–H and O–H groups in total. The van der Waals surface area contributed by atoms with Crippen LogP contribution in [-0.2, 0) is 23.9 Å². The zero-order chi connectivity index (χ0) is 26.8. The Morgan fingerprint density at radius 2 is 1.63 bits per heavy atom. The first-order chi connectivity index (χ1) is 18.4. The highest BCUT2D eigenvalue weighted by molar-refractivity contribution is 5.93. The van der Waals surface area contributed by atoms with E-state index >= 15 is 0 Å². The predicted octanol–water partition coefficient (Wildman–Crippen LogP) is 2.22. The Morgan fingerprint density at radius 3 is 2.26 bits per heavy atom. The van der Waals surface area contributed by atoms with Gasteiger partial charge in [-0.2, -0.15) is 0 Å². The summed E-state index contributed by atoms with van der Waals surface area (Å²) >= 11 is 0. The van der Waals surface area contributed by atoms with Gasteiger partial charge < -0.3 is 24.8 Å². The number of carboxylic acid groups (broad SMARTS) is 1. The van der Waals surface area contributed by atoms with Crippen LogP contribution in [0.5, 0.6) is 0 Å². The maximum Gasteiger partial charge on any atom is 0.410 e. The Morgan fingerprint density at radius 1 is 0.974 bits per heavy atom. The van der Waals surface area contributed by atoms with Crippen molar-refractivity contribution in [3.8, 4) is 11.1 Å². The van der Waals surface area contributed by atoms with Crippen molar-refractivity contribution >= 4 is 23.9 Å². The van der Waals surface area contributed by atoms with Crippen LogP contribution >= 0.6 is 0 Å². The SMILES string of the molecule is CO[C@@H]1CC(C(=O)NCC(=O)O)N(C(=O)[C@@H]2CCCN2C(=O)OCC2c3ccccc3-c3ccccc32)C1. The smallest absolute Gasteiger partial charge is 0.410 e. The van der Waals surface area contributed by atoms with Gasteiger partial charge in [0, 0.05) is 32.5 Å². The maximum atomic E-state index is 13.6. The third-order valence-corrected chi connectivity index (χ3v) is 7.70. The van der Waals surface area contributed by atoms with Crippen molar-refractivity contribution in [3.63, 3.8) is 0 Å². The molecule has 200 valence electrons. The average Bonchev–Trinajstić information content (AvgIpc) is 3.66. The maximum absolute atomic E-state index is 13.6. The number of likely N-dealkylation sites (tertiary alicyclic amines) is 2. The Labute approximate surface area is 220 Å². The Balaban J connectivity index is 1.27. The monoisotopic (exact) mass is 521 g/mol. The van der Waals surface area contributed by atoms with Crippen molar-refractivity contribution in [2.75, 3.05) is 33.4 Å². The summed E-state index contributed by atoms with van der Waals surface area (Å²) in [7, 11) is 1.50. The molecule has 5 rings (SSSR count). The van der Waals surface area contributed by atoms with Gasteiger partial charge in [0.15, 0.2) is 0 Å². The molecule has 1 aliphatic carbocycles. The lowest BCUT2D eigenvalue weighted by molar-refractivity contribution is -0.142. The number of aliphatic carboxylic acids is 1. The summed E-state index contributed by atoms with van der Waals surface area (Å²) in [4.78, 5) is 53.3. The van der Waals surface area contributed by atoms with E-state index in [1.54, 1.807) is 0 Å². The average molecular weight is 522 g/mol. The summed E-state index contributed by atoms with van der Waals surface area (Å²) < 4.78 is 11.2. The number of hydrogen-bond acceptors (Lipinski definition) is 6. The fourth-order valence-electron chi connectivity index (χ4n) is 5.85. The van der Waals surface area contributed by atoms with Gasteiger partial charge in [0.25, 0.3) is 0 Å². The van der Waals surface area contributed by atoms with Gasteiger partial charge in [0.1, 0.15) is 25.2 Å². The molecule has 0 bridgehead atoms. The number of carbonyl (C=O) groups is 4. The molecular weight excluding hydrogens is 490 g/mol. The quantitative estimate of drug-likeness (QED) is 0.572. The molecular formula is C28H31N3O7. The van der Waals surface area contributed by atoms with Crippen LogP contribution in [0.3, 0.4) is 0 Å². The number of ether oxygens (including phenoxy) is 2. The molecule has 38 heavy (non-hydrogen) atoms. The lowest BCUT2D eigenvalue weighted by Crippen LogP contribution is -2.53. The van der Waals surface area contributed by atoms with Gasteiger partial charge in [-0.05, 0) is 35.1 Å². The van der Waals surface area contributed by atoms with E-state index in [1.165, 1.54) is 16.9 Å². The molecule has 3 atom stereocenters. The minimum absolute atomic E-state index is 0.0912. The van der Waals surface area contributed by atoms with Gasteiger partial charge >= 0.3 is 12.1 Å². The van der Waals surface area contributed by atoms with E-state index < -0.39 is 36.6 Å². The molecule has 10 nitrogen and oxygen atoms in total. The summed E-state index contributed by atoms with van der Waals surface area (Å²) in [5.41, 5.74) is 4.47. The summed E-state index contributed by atoms with van der Waals surface area (Å²) in [6.07, 6.45) is 0.435. The van der Waals surface area contributed by atoms with E-state index in [4.69, 9.17) is 14.6 Å². The fraction of sp³-hybridized carbons (Fsp3) is 0.429. The van der Waals surface area contributed by atoms with E-state index in [-0.39, 0.29) is 37.5 Å². The third-order valence-electron chi connectivity index (χ3n) is 7.70. The van der Waals surface area contributed by atoms with Crippen molar-refractivity contribution in [1.82, 2.24) is 15.1 Å². The van der Waals surface area contributed by atoms with Crippen molar-refractivity contribution in [2.45, 2.75) is 43.4 Å². The molecule has 10 heteroatoms. The summed E-state index contributed by atoms with van der Waals surface area (Å²) in [6, 6.07) is 14.5. The number of rotatable bonds is 7. The number of amides is 3. The molecule has 2 saturated heterocycles. The topological polar surface area (TPSA) is 125 Å². The Bertz CT molecular complexity index is 1200. The first-order valence-electron chi connectivity index (χ1n) is 12.8. The van der Waals surface area contributed by atoms with Crippen LogP contribution in [0.25, 0.3) is 11.1 Å². The van der Waals surface area contributed by atoms with Gasteiger partial charge in [0.05, 0.1) is 6.10 Å². The number of methoxy groups -OCH3 is 1. The van der Waals surface area contributed by atoms with Crippen molar-refractivity contribution in [3.05, 3.63) is 59.7 Å². The second-order valence-corrected chi connectivity index (χ2v) is 9.87. The van der Waals surface area contributed by atoms with Gasteiger partial charge in [0.2, 0.25) is 11.8 Å². The van der Waals surface area contributed by atoms with Gasteiger partial charge in [-0.3, -0.25) is 19.3 Å². The molecule has 2 fully saturated rings. The molecule has 0 radical (unpaired) electrons. The highest BCUT2D eigenvalue weighted by Gasteiger charge is 2.45. The number of hydrogen-bond donors (Lipinski definition) is 2. The second kappa shape index (κ2) is 10.8. The van der Waals surface area contributed by atoms with Crippen LogP contribution in [-0.4, -0.2) is 90.3 Å². The normalized spacial score (nSPS) is 22.2. The van der Waals surface area contributed by atoms with Crippen LogP contribution in [0, 0.1) is 0 Å². The highest BCUT2D eigenvalue weighted by atomic mass is 16.6. The number of nitrogens with zero attached hydrogens (tertiary/aromatic N) is 2. The second-order valence-electron chi connectivity index (χ2n) is 9.87. The number of nitrogens with one attached hydrogen (secondary N) is 1. The molecule has 0 aromatic heterocycles. The van der Waals surface area contributed by atoms with E-state index in [0.717, 1.165) is 22.3 Å². The van der Waals surface area contributed by atoms with Crippen LogP contribution in [0.15, 0.2) is 48.5 Å². The molecule has 2 aliphatic heterocycles. The zero-order valence-corrected chi connectivity index (χ0v) is 21.2. The Kier molecular flexibility index (Phi) is 7.33. The molecule has 2 heterocycles. The summed E-state index contributed by atoms with van der Waals surface area (Å²) in [5.74, 6) is -2.17. The zero-order valence-electron chi connectivity index (χ0n) is 21.2. The predicted molar refractivity (Wildman–Crippen MR) is 136 cm³/mol. The highest BCUT2D eigenvalue weighted by Crippen LogP contribution is 2.44. The van der Waals surface area contributed by atoms with E-state index in [9.17, 15) is 19.2 Å². The minimum atomic E-state index is -1.17. The van der Waals surface area contributed by atoms with Crippen molar-refractivity contribution < 1.29 is 33.8 Å². The van der Waals surface area contributed by atoms with E-state index in [2.05, 4.69) is 17.4 Å². The minimum Gasteiger partial charge on any atom is -0.480 e. The standard InChI is InChI=1S/C28H31N3O7/c1-37-17-13-24(26(34)29-14-25(32)33)31(15-17)27(35)23-11-6-12-30(23)28(36)38-16-22-20-9-4-2-7-18(20)19-8-3-5-10-21(19)22/h2-5,7-10,17,22-24H,6,11-16H2,1H3,(H,29,34)(H,32,33)/t17-,23+,24?/m1/s1. The largest absolute Gasteiger partial charge is 0.480 e. The van der Waals surface area contributed by atoms with Crippen LogP contribution in [0.1, 0.15) is 36.3 Å². The van der Waals surface area contributed by atoms with Crippen LogP contribution in [0.4, 0.5) is 4.79 Å². The molecule has 3 aliphatic rings. The molecule has 1 unspecified atom stereocenters. The fourth-order valence-corrected chi connectivity index (χ4v) is 5.85. The van der Waals surface area contributed by atoms with Gasteiger partial charge in [-0.1, -0.05) is 48.5 Å². The summed E-state index contributed by atoms with van der Waals surface area (Å²) in [5, 5.41) is 11.3. The number of benzene rings is 2. The van der Waals surface area contributed by atoms with E-state index in [0.29, 0.717) is 19.4 Å². The first-order valence-corrected chi connectivity index (χ1v) is 12.8. The summed E-state index contributed by atoms with van der Waals surface area (Å²) in [6.45, 7) is 0.185. The molecule has 2 aromatic rings.